The molecule has 2 aliphatic rings. The molecule has 2 N–H and O–H groups in total. The largest absolute Gasteiger partial charge is 0.388 e. The summed E-state index contributed by atoms with van der Waals surface area (Å²) in [6, 6.07) is 0. The van der Waals surface area contributed by atoms with E-state index in [1.54, 1.807) is 0 Å². The zero-order valence-corrected chi connectivity index (χ0v) is 10.7. The summed E-state index contributed by atoms with van der Waals surface area (Å²) in [5.74, 6) is 0.729. The summed E-state index contributed by atoms with van der Waals surface area (Å²) < 4.78 is 0. The van der Waals surface area contributed by atoms with Crippen LogP contribution in [0.25, 0.3) is 0 Å². The molecule has 0 aromatic carbocycles. The molecule has 0 aromatic heterocycles. The topological polar surface area (TPSA) is 49.3 Å². The molecule has 0 saturated heterocycles. The van der Waals surface area contributed by atoms with Crippen LogP contribution < -0.4 is 5.32 Å². The SMILES string of the molecule is O=C(CC1CCCC1)NCC1(O)CCCCC1. The van der Waals surface area contributed by atoms with Crippen molar-refractivity contribution in [2.24, 2.45) is 5.92 Å². The molecule has 98 valence electrons. The van der Waals surface area contributed by atoms with E-state index in [0.29, 0.717) is 18.9 Å². The fourth-order valence-electron chi connectivity index (χ4n) is 3.20. The van der Waals surface area contributed by atoms with Gasteiger partial charge in [0.25, 0.3) is 0 Å². The van der Waals surface area contributed by atoms with E-state index in [2.05, 4.69) is 5.32 Å². The van der Waals surface area contributed by atoms with Crippen LogP contribution in [0.1, 0.15) is 64.2 Å². The fraction of sp³-hybridized carbons (Fsp3) is 0.929. The van der Waals surface area contributed by atoms with Gasteiger partial charge < -0.3 is 10.4 Å². The van der Waals surface area contributed by atoms with Crippen LogP contribution in [0.3, 0.4) is 0 Å². The number of carbonyl (C=O) groups excluding carboxylic acids is 1. The van der Waals surface area contributed by atoms with Crippen molar-refractivity contribution in [1.29, 1.82) is 0 Å². The zero-order chi connectivity index (χ0) is 12.1. The first kappa shape index (κ1) is 12.9. The number of nitrogens with one attached hydrogen (secondary N) is 1. The lowest BCUT2D eigenvalue weighted by atomic mass is 9.85. The molecular formula is C14H25NO2. The van der Waals surface area contributed by atoms with Gasteiger partial charge in [-0.2, -0.15) is 0 Å². The summed E-state index contributed by atoms with van der Waals surface area (Å²) in [7, 11) is 0. The van der Waals surface area contributed by atoms with Crippen molar-refractivity contribution in [3.05, 3.63) is 0 Å². The van der Waals surface area contributed by atoms with Gasteiger partial charge in [-0.15, -0.1) is 0 Å². The Labute approximate surface area is 104 Å². The number of hydrogen-bond donors (Lipinski definition) is 2. The monoisotopic (exact) mass is 239 g/mol. The maximum atomic E-state index is 11.8. The number of amides is 1. The molecule has 0 radical (unpaired) electrons. The second kappa shape index (κ2) is 5.85. The Morgan fingerprint density at radius 2 is 1.76 bits per heavy atom. The molecule has 2 aliphatic carbocycles. The van der Waals surface area contributed by atoms with Crippen molar-refractivity contribution < 1.29 is 9.90 Å². The Morgan fingerprint density at radius 3 is 2.41 bits per heavy atom. The van der Waals surface area contributed by atoms with Gasteiger partial charge in [-0.25, -0.2) is 0 Å². The zero-order valence-electron chi connectivity index (χ0n) is 10.7. The minimum absolute atomic E-state index is 0.135. The highest BCUT2D eigenvalue weighted by Crippen LogP contribution is 2.29. The Hall–Kier alpha value is -0.570. The van der Waals surface area contributed by atoms with Crippen molar-refractivity contribution in [2.45, 2.75) is 69.8 Å². The molecular weight excluding hydrogens is 214 g/mol. The molecule has 0 spiro atoms. The van der Waals surface area contributed by atoms with Crippen molar-refractivity contribution in [3.63, 3.8) is 0 Å². The van der Waals surface area contributed by atoms with E-state index < -0.39 is 5.60 Å². The molecule has 2 saturated carbocycles. The molecule has 0 unspecified atom stereocenters. The maximum Gasteiger partial charge on any atom is 0.220 e. The number of hydrogen-bond acceptors (Lipinski definition) is 2. The molecule has 0 bridgehead atoms. The van der Waals surface area contributed by atoms with Crippen LogP contribution in [0.15, 0.2) is 0 Å². The van der Waals surface area contributed by atoms with Gasteiger partial charge in [0.15, 0.2) is 0 Å². The molecule has 2 rings (SSSR count). The van der Waals surface area contributed by atoms with Crippen molar-refractivity contribution in [2.75, 3.05) is 6.54 Å². The van der Waals surface area contributed by atoms with E-state index in [0.717, 1.165) is 25.7 Å². The van der Waals surface area contributed by atoms with Gasteiger partial charge in [0.1, 0.15) is 0 Å². The Morgan fingerprint density at radius 1 is 1.12 bits per heavy atom. The summed E-state index contributed by atoms with van der Waals surface area (Å²) in [5.41, 5.74) is -0.621. The van der Waals surface area contributed by atoms with Crippen LogP contribution >= 0.6 is 0 Å². The Balaban J connectivity index is 1.67. The minimum atomic E-state index is -0.621. The molecule has 2 fully saturated rings. The van der Waals surface area contributed by atoms with Crippen LogP contribution in [-0.2, 0) is 4.79 Å². The first-order valence-electron chi connectivity index (χ1n) is 7.17. The molecule has 0 aliphatic heterocycles. The smallest absolute Gasteiger partial charge is 0.220 e. The molecule has 0 heterocycles. The molecule has 17 heavy (non-hydrogen) atoms. The van der Waals surface area contributed by atoms with Crippen molar-refractivity contribution >= 4 is 5.91 Å². The van der Waals surface area contributed by atoms with Crippen molar-refractivity contribution in [3.8, 4) is 0 Å². The van der Waals surface area contributed by atoms with Crippen LogP contribution in [0.2, 0.25) is 0 Å². The van der Waals surface area contributed by atoms with Crippen LogP contribution in [0.5, 0.6) is 0 Å². The highest BCUT2D eigenvalue weighted by atomic mass is 16.3. The molecule has 1 amide bonds. The summed E-state index contributed by atoms with van der Waals surface area (Å²) in [6.07, 6.45) is 10.7. The second-order valence-corrected chi connectivity index (χ2v) is 5.92. The number of rotatable bonds is 4. The first-order chi connectivity index (χ1) is 8.18. The Bertz CT molecular complexity index is 253. The molecule has 3 nitrogen and oxygen atoms in total. The second-order valence-electron chi connectivity index (χ2n) is 5.92. The average Bonchev–Trinajstić information content (AvgIpc) is 2.80. The van der Waals surface area contributed by atoms with E-state index in [4.69, 9.17) is 0 Å². The van der Waals surface area contributed by atoms with Gasteiger partial charge in [0.2, 0.25) is 5.91 Å². The third kappa shape index (κ3) is 3.98. The Kier molecular flexibility index (Phi) is 4.43. The van der Waals surface area contributed by atoms with Gasteiger partial charge in [-0.1, -0.05) is 32.1 Å². The third-order valence-corrected chi connectivity index (χ3v) is 4.35. The van der Waals surface area contributed by atoms with Crippen LogP contribution in [0, 0.1) is 5.92 Å². The normalized spacial score (nSPS) is 24.8. The van der Waals surface area contributed by atoms with Gasteiger partial charge >= 0.3 is 0 Å². The summed E-state index contributed by atoms with van der Waals surface area (Å²) in [6.45, 7) is 0.457. The van der Waals surface area contributed by atoms with E-state index in [-0.39, 0.29) is 5.91 Å². The standard InChI is InChI=1S/C14H25NO2/c16-13(10-12-6-2-3-7-12)15-11-14(17)8-4-1-5-9-14/h12,17H,1-11H2,(H,15,16). The van der Waals surface area contributed by atoms with Gasteiger partial charge in [0, 0.05) is 13.0 Å². The van der Waals surface area contributed by atoms with E-state index >= 15 is 0 Å². The third-order valence-electron chi connectivity index (χ3n) is 4.35. The predicted molar refractivity (Wildman–Crippen MR) is 67.6 cm³/mol. The minimum Gasteiger partial charge on any atom is -0.388 e. The number of carbonyl (C=O) groups is 1. The fourth-order valence-corrected chi connectivity index (χ4v) is 3.20. The summed E-state index contributed by atoms with van der Waals surface area (Å²) in [5, 5.41) is 13.2. The summed E-state index contributed by atoms with van der Waals surface area (Å²) >= 11 is 0. The quantitative estimate of drug-likeness (QED) is 0.791. The molecule has 0 aromatic rings. The lowest BCUT2D eigenvalue weighted by molar-refractivity contribution is -0.123. The van der Waals surface area contributed by atoms with E-state index in [1.807, 2.05) is 0 Å². The van der Waals surface area contributed by atoms with Gasteiger partial charge in [0.05, 0.1) is 5.60 Å². The first-order valence-corrected chi connectivity index (χ1v) is 7.17. The maximum absolute atomic E-state index is 11.8. The van der Waals surface area contributed by atoms with Crippen LogP contribution in [-0.4, -0.2) is 23.2 Å². The van der Waals surface area contributed by atoms with Crippen LogP contribution in [0.4, 0.5) is 0 Å². The summed E-state index contributed by atoms with van der Waals surface area (Å²) in [4.78, 5) is 11.8. The molecule has 3 heteroatoms. The highest BCUT2D eigenvalue weighted by Gasteiger charge is 2.29. The van der Waals surface area contributed by atoms with E-state index in [9.17, 15) is 9.90 Å². The predicted octanol–water partition coefficient (Wildman–Crippen LogP) is 2.38. The van der Waals surface area contributed by atoms with Crippen molar-refractivity contribution in [1.82, 2.24) is 5.32 Å². The van der Waals surface area contributed by atoms with Gasteiger partial charge in [-0.05, 0) is 31.6 Å². The highest BCUT2D eigenvalue weighted by molar-refractivity contribution is 5.76. The lowest BCUT2D eigenvalue weighted by Crippen LogP contribution is -2.44. The molecule has 0 atom stereocenters. The number of aliphatic hydroxyl groups is 1. The lowest BCUT2D eigenvalue weighted by Gasteiger charge is -2.32. The van der Waals surface area contributed by atoms with E-state index in [1.165, 1.54) is 32.1 Å². The average molecular weight is 239 g/mol. The van der Waals surface area contributed by atoms with Gasteiger partial charge in [-0.3, -0.25) is 4.79 Å².